The molecule has 1 aliphatic heterocycles. The van der Waals surface area contributed by atoms with Crippen LogP contribution in [-0.4, -0.2) is 51.0 Å². The lowest BCUT2D eigenvalue weighted by Gasteiger charge is -2.23. The minimum absolute atomic E-state index is 0.284. The van der Waals surface area contributed by atoms with Crippen molar-refractivity contribution in [3.05, 3.63) is 89.5 Å². The van der Waals surface area contributed by atoms with Crippen LogP contribution in [0, 0.1) is 5.82 Å². The smallest absolute Gasteiger partial charge is 0.325 e. The number of aromatic nitrogens is 2. The first kappa shape index (κ1) is 22.2. The SMILES string of the molecule is CN(Cc1cnn(Cc2ccccc2)c1)C(=O)CN1C(=O)NC(C)(c2ccc(F)cc2)C1=O. The standard InChI is InChI=1S/C24H24FN5O3/c1-24(19-8-10-20(25)11-9-19)22(32)30(23(33)27-24)16-21(31)28(2)13-18-12-26-29(15-18)14-17-6-4-3-5-7-17/h3-12,15H,13-14,16H2,1-2H3,(H,27,33). The highest BCUT2D eigenvalue weighted by Gasteiger charge is 2.49. The number of benzene rings is 2. The van der Waals surface area contributed by atoms with Gasteiger partial charge in [-0.15, -0.1) is 0 Å². The third-order valence-electron chi connectivity index (χ3n) is 5.71. The first-order valence-corrected chi connectivity index (χ1v) is 10.5. The lowest BCUT2D eigenvalue weighted by molar-refractivity contribution is -0.138. The summed E-state index contributed by atoms with van der Waals surface area (Å²) in [5.74, 6) is -1.39. The average molecular weight is 449 g/mol. The van der Waals surface area contributed by atoms with Crippen molar-refractivity contribution < 1.29 is 18.8 Å². The molecule has 1 N–H and O–H groups in total. The minimum Gasteiger partial charge on any atom is -0.340 e. The van der Waals surface area contributed by atoms with Crippen molar-refractivity contribution in [3.8, 4) is 0 Å². The Balaban J connectivity index is 1.38. The molecule has 170 valence electrons. The van der Waals surface area contributed by atoms with Crippen molar-refractivity contribution in [1.29, 1.82) is 0 Å². The molecule has 1 saturated heterocycles. The fraction of sp³-hybridized carbons (Fsp3) is 0.250. The van der Waals surface area contributed by atoms with E-state index in [-0.39, 0.29) is 6.54 Å². The normalized spacial score (nSPS) is 17.8. The topological polar surface area (TPSA) is 87.5 Å². The second kappa shape index (κ2) is 8.85. The third kappa shape index (κ3) is 4.62. The maximum atomic E-state index is 13.3. The lowest BCUT2D eigenvalue weighted by atomic mass is 9.92. The van der Waals surface area contributed by atoms with Crippen molar-refractivity contribution in [2.75, 3.05) is 13.6 Å². The van der Waals surface area contributed by atoms with E-state index in [2.05, 4.69) is 10.4 Å². The zero-order valence-corrected chi connectivity index (χ0v) is 18.4. The fourth-order valence-electron chi connectivity index (χ4n) is 3.78. The average Bonchev–Trinajstić information content (AvgIpc) is 3.32. The zero-order chi connectivity index (χ0) is 23.6. The van der Waals surface area contributed by atoms with Crippen LogP contribution in [0.1, 0.15) is 23.6 Å². The molecule has 1 aliphatic rings. The van der Waals surface area contributed by atoms with Crippen LogP contribution >= 0.6 is 0 Å². The Morgan fingerprint density at radius 1 is 1.09 bits per heavy atom. The van der Waals surface area contributed by atoms with E-state index in [0.29, 0.717) is 12.1 Å². The third-order valence-corrected chi connectivity index (χ3v) is 5.71. The number of likely N-dealkylation sites (N-methyl/N-ethyl adjacent to an activating group) is 1. The van der Waals surface area contributed by atoms with E-state index in [1.807, 2.05) is 36.5 Å². The van der Waals surface area contributed by atoms with Crippen molar-refractivity contribution in [1.82, 2.24) is 24.9 Å². The molecular weight excluding hydrogens is 425 g/mol. The predicted molar refractivity (Wildman–Crippen MR) is 118 cm³/mol. The molecule has 9 heteroatoms. The Kier molecular flexibility index (Phi) is 5.95. The van der Waals surface area contributed by atoms with Crippen LogP contribution in [0.4, 0.5) is 9.18 Å². The van der Waals surface area contributed by atoms with Gasteiger partial charge in [0.15, 0.2) is 0 Å². The summed E-state index contributed by atoms with van der Waals surface area (Å²) >= 11 is 0. The summed E-state index contributed by atoms with van der Waals surface area (Å²) in [6, 6.07) is 14.6. The monoisotopic (exact) mass is 449 g/mol. The second-order valence-corrected chi connectivity index (χ2v) is 8.23. The number of nitrogens with zero attached hydrogens (tertiary/aromatic N) is 4. The number of hydrogen-bond donors (Lipinski definition) is 1. The van der Waals surface area contributed by atoms with Crippen LogP contribution in [0.2, 0.25) is 0 Å². The van der Waals surface area contributed by atoms with Gasteiger partial charge >= 0.3 is 6.03 Å². The predicted octanol–water partition coefficient (Wildman–Crippen LogP) is 2.50. The van der Waals surface area contributed by atoms with Gasteiger partial charge in [-0.05, 0) is 30.2 Å². The lowest BCUT2D eigenvalue weighted by Crippen LogP contribution is -2.43. The number of hydrogen-bond acceptors (Lipinski definition) is 4. The van der Waals surface area contributed by atoms with Gasteiger partial charge in [-0.1, -0.05) is 42.5 Å². The summed E-state index contributed by atoms with van der Waals surface area (Å²) in [7, 11) is 1.61. The van der Waals surface area contributed by atoms with Crippen LogP contribution < -0.4 is 5.32 Å². The van der Waals surface area contributed by atoms with Gasteiger partial charge in [-0.2, -0.15) is 5.10 Å². The van der Waals surface area contributed by atoms with Crippen molar-refractivity contribution in [2.24, 2.45) is 0 Å². The Morgan fingerprint density at radius 2 is 1.79 bits per heavy atom. The quantitative estimate of drug-likeness (QED) is 0.562. The zero-order valence-electron chi connectivity index (χ0n) is 18.4. The molecule has 0 saturated carbocycles. The highest BCUT2D eigenvalue weighted by atomic mass is 19.1. The van der Waals surface area contributed by atoms with Crippen LogP contribution in [0.25, 0.3) is 0 Å². The molecular formula is C24H24FN5O3. The van der Waals surface area contributed by atoms with E-state index in [1.165, 1.54) is 36.1 Å². The van der Waals surface area contributed by atoms with E-state index in [0.717, 1.165) is 16.0 Å². The summed E-state index contributed by atoms with van der Waals surface area (Å²) in [5, 5.41) is 6.95. The van der Waals surface area contributed by atoms with Gasteiger partial charge < -0.3 is 10.2 Å². The van der Waals surface area contributed by atoms with Crippen molar-refractivity contribution >= 4 is 17.8 Å². The first-order chi connectivity index (χ1) is 15.8. The van der Waals surface area contributed by atoms with E-state index < -0.39 is 35.7 Å². The highest BCUT2D eigenvalue weighted by Crippen LogP contribution is 2.29. The highest BCUT2D eigenvalue weighted by molar-refractivity contribution is 6.09. The molecule has 0 spiro atoms. The molecule has 33 heavy (non-hydrogen) atoms. The molecule has 0 aliphatic carbocycles. The minimum atomic E-state index is -1.36. The van der Waals surface area contributed by atoms with E-state index >= 15 is 0 Å². The van der Waals surface area contributed by atoms with Crippen LogP contribution in [0.3, 0.4) is 0 Å². The van der Waals surface area contributed by atoms with Gasteiger partial charge in [0.2, 0.25) is 5.91 Å². The molecule has 1 fully saturated rings. The Morgan fingerprint density at radius 3 is 2.48 bits per heavy atom. The van der Waals surface area contributed by atoms with Gasteiger partial charge in [-0.25, -0.2) is 9.18 Å². The number of carbonyl (C=O) groups is 3. The van der Waals surface area contributed by atoms with E-state index in [9.17, 15) is 18.8 Å². The van der Waals surface area contributed by atoms with Crippen LogP contribution in [0.5, 0.6) is 0 Å². The molecule has 0 radical (unpaired) electrons. The van der Waals surface area contributed by atoms with Gasteiger partial charge in [-0.3, -0.25) is 19.2 Å². The number of rotatable bonds is 7. The molecule has 8 nitrogen and oxygen atoms in total. The van der Waals surface area contributed by atoms with Gasteiger partial charge in [0.25, 0.3) is 5.91 Å². The Hall–Kier alpha value is -4.01. The van der Waals surface area contributed by atoms with Crippen LogP contribution in [0.15, 0.2) is 67.0 Å². The number of halogens is 1. The molecule has 2 heterocycles. The molecule has 3 aromatic rings. The maximum Gasteiger partial charge on any atom is 0.325 e. The summed E-state index contributed by atoms with van der Waals surface area (Å²) in [6.45, 7) is 2.04. The fourth-order valence-corrected chi connectivity index (χ4v) is 3.78. The van der Waals surface area contributed by atoms with Crippen molar-refractivity contribution in [2.45, 2.75) is 25.6 Å². The largest absolute Gasteiger partial charge is 0.340 e. The van der Waals surface area contributed by atoms with Gasteiger partial charge in [0.1, 0.15) is 17.9 Å². The summed E-state index contributed by atoms with van der Waals surface area (Å²) in [6.07, 6.45) is 3.54. The molecule has 4 amide bonds. The van der Waals surface area contributed by atoms with Crippen molar-refractivity contribution in [3.63, 3.8) is 0 Å². The number of imide groups is 1. The summed E-state index contributed by atoms with van der Waals surface area (Å²) < 4.78 is 15.0. The number of carbonyl (C=O) groups excluding carboxylic acids is 3. The molecule has 4 rings (SSSR count). The van der Waals surface area contributed by atoms with E-state index in [1.54, 1.807) is 17.9 Å². The maximum absolute atomic E-state index is 13.3. The first-order valence-electron chi connectivity index (χ1n) is 10.5. The Bertz CT molecular complexity index is 1180. The Labute approximate surface area is 190 Å². The molecule has 2 aromatic carbocycles. The molecule has 1 atom stereocenters. The molecule has 1 aromatic heterocycles. The molecule has 0 bridgehead atoms. The van der Waals surface area contributed by atoms with Gasteiger partial charge in [0.05, 0.1) is 12.7 Å². The number of amides is 4. The van der Waals surface area contributed by atoms with Crippen LogP contribution in [-0.2, 0) is 28.2 Å². The molecule has 1 unspecified atom stereocenters. The van der Waals surface area contributed by atoms with Gasteiger partial charge in [0, 0.05) is 25.4 Å². The second-order valence-electron chi connectivity index (χ2n) is 8.23. The summed E-state index contributed by atoms with van der Waals surface area (Å²) in [4.78, 5) is 40.5. The number of nitrogens with one attached hydrogen (secondary N) is 1. The van der Waals surface area contributed by atoms with E-state index in [4.69, 9.17) is 0 Å². The summed E-state index contributed by atoms with van der Waals surface area (Å²) in [5.41, 5.74) is 1.02. The number of urea groups is 1.